The first-order valence-corrected chi connectivity index (χ1v) is 39.6. The van der Waals surface area contributed by atoms with Gasteiger partial charge in [0.25, 0.3) is 23.6 Å². The van der Waals surface area contributed by atoms with Crippen LogP contribution in [0.1, 0.15) is 138 Å². The molecule has 0 aliphatic carbocycles. The highest BCUT2D eigenvalue weighted by atomic mass is 16.6. The second kappa shape index (κ2) is 43.7. The maximum absolute atomic E-state index is 14.2. The van der Waals surface area contributed by atoms with Crippen molar-refractivity contribution in [2.75, 3.05) is 138 Å². The van der Waals surface area contributed by atoms with Gasteiger partial charge >= 0.3 is 6.09 Å². The zero-order chi connectivity index (χ0) is 80.9. The fourth-order valence-corrected chi connectivity index (χ4v) is 14.1. The van der Waals surface area contributed by atoms with Gasteiger partial charge in [-0.05, 0) is 140 Å². The van der Waals surface area contributed by atoms with Crippen molar-refractivity contribution in [1.29, 1.82) is 0 Å². The van der Waals surface area contributed by atoms with Crippen LogP contribution in [0.25, 0.3) is 0 Å². The number of ketones is 3. The summed E-state index contributed by atoms with van der Waals surface area (Å²) in [4.78, 5) is 133. The Balaban J connectivity index is 0.592. The van der Waals surface area contributed by atoms with E-state index in [-0.39, 0.29) is 118 Å². The summed E-state index contributed by atoms with van der Waals surface area (Å²) in [5, 5.41) is 2.85. The van der Waals surface area contributed by atoms with Gasteiger partial charge in [-0.25, -0.2) is 4.79 Å². The van der Waals surface area contributed by atoms with Crippen LogP contribution in [0.4, 0.5) is 21.9 Å². The van der Waals surface area contributed by atoms with Crippen molar-refractivity contribution in [1.82, 2.24) is 20.0 Å². The predicted octanol–water partition coefficient (Wildman–Crippen LogP) is 10.2. The molecule has 1 fully saturated rings. The summed E-state index contributed by atoms with van der Waals surface area (Å²) in [5.74, 6) is -1.73. The van der Waals surface area contributed by atoms with E-state index in [0.717, 1.165) is 45.6 Å². The second-order valence-corrected chi connectivity index (χ2v) is 29.6. The Morgan fingerprint density at radius 2 is 1.21 bits per heavy atom. The molecule has 0 spiro atoms. The maximum Gasteiger partial charge on any atom is 0.414 e. The Hall–Kier alpha value is -9.71. The number of nitrogens with zero attached hydrogens (tertiary/aromatic N) is 6. The zero-order valence-electron chi connectivity index (χ0n) is 66.8. The number of anilines is 1. The van der Waals surface area contributed by atoms with Crippen LogP contribution in [0.2, 0.25) is 0 Å². The molecule has 5 heterocycles. The number of hydrogen-bond donors (Lipinski definition) is 1. The van der Waals surface area contributed by atoms with E-state index in [0.29, 0.717) is 189 Å². The number of aryl methyl sites for hydroxylation is 3. The molecule has 114 heavy (non-hydrogen) atoms. The lowest BCUT2D eigenvalue weighted by atomic mass is 9.88. The molecule has 5 aromatic rings. The maximum atomic E-state index is 14.2. The highest BCUT2D eigenvalue weighted by Crippen LogP contribution is 2.40. The van der Waals surface area contributed by atoms with Crippen molar-refractivity contribution in [3.05, 3.63) is 159 Å². The van der Waals surface area contributed by atoms with Gasteiger partial charge in [0.2, 0.25) is 5.91 Å². The number of Topliss-reactive ketones (excluding diaryl/α,β-unsaturated/α-hetero) is 3. The van der Waals surface area contributed by atoms with E-state index in [4.69, 9.17) is 62.1 Å². The summed E-state index contributed by atoms with van der Waals surface area (Å²) in [7, 11) is 3.17. The molecule has 6 amide bonds. The second-order valence-electron chi connectivity index (χ2n) is 29.6. The SMILES string of the molecule is COc1cc2c(cc1OCc1cc(CCc3cc4c(cc3C)C(=O)N3CCC[C@@]3(C)C=N4)cc(N(C)C(=O)OCc3ccc(CC(=O)[C@H](C)NC(=O)[C@@H](CC(=O)CCOCCOCCOCCOCCOCCOCCOCCOCCCC(=O)CCN4C(=O)C=CC4=O)C(C)C)cc3)c1)N=CC1Cc3ccccc3CN1C2=O. The third-order valence-electron chi connectivity index (χ3n) is 20.9. The molecule has 0 aromatic heterocycles. The van der Waals surface area contributed by atoms with Gasteiger partial charge in [0.15, 0.2) is 17.3 Å². The molecule has 4 atom stereocenters. The Labute approximate surface area is 667 Å². The number of rotatable bonds is 49. The summed E-state index contributed by atoms with van der Waals surface area (Å²) in [6.45, 7) is 16.7. The number of ether oxygens (including phenoxy) is 11. The number of fused-ring (bicyclic) bond motifs is 5. The molecule has 5 aromatic carbocycles. The van der Waals surface area contributed by atoms with Gasteiger partial charge in [-0.15, -0.1) is 0 Å². The highest BCUT2D eigenvalue weighted by molar-refractivity contribution is 6.13. The molecular weight excluding hydrogens is 1460 g/mol. The van der Waals surface area contributed by atoms with Gasteiger partial charge < -0.3 is 67.2 Å². The van der Waals surface area contributed by atoms with Crippen molar-refractivity contribution >= 4 is 82.5 Å². The number of aliphatic imine (C=N–C) groups is 2. The van der Waals surface area contributed by atoms with Gasteiger partial charge in [-0.1, -0.05) is 68.4 Å². The van der Waals surface area contributed by atoms with Crippen LogP contribution in [0.15, 0.2) is 113 Å². The first-order valence-electron chi connectivity index (χ1n) is 39.6. The monoisotopic (exact) mass is 1570 g/mol. The van der Waals surface area contributed by atoms with Crippen LogP contribution in [0.3, 0.4) is 0 Å². The Bertz CT molecular complexity index is 4240. The van der Waals surface area contributed by atoms with Crippen molar-refractivity contribution in [2.24, 2.45) is 21.8 Å². The summed E-state index contributed by atoms with van der Waals surface area (Å²) < 4.78 is 62.7. The lowest BCUT2D eigenvalue weighted by molar-refractivity contribution is -0.137. The molecule has 1 saturated heterocycles. The highest BCUT2D eigenvalue weighted by Gasteiger charge is 2.41. The van der Waals surface area contributed by atoms with E-state index in [1.807, 2.05) is 85.5 Å². The molecule has 5 aliphatic heterocycles. The van der Waals surface area contributed by atoms with E-state index >= 15 is 0 Å². The van der Waals surface area contributed by atoms with Crippen molar-refractivity contribution in [2.45, 2.75) is 143 Å². The van der Waals surface area contributed by atoms with Gasteiger partial charge in [0, 0.05) is 108 Å². The van der Waals surface area contributed by atoms with Crippen molar-refractivity contribution in [3.8, 4) is 11.5 Å². The summed E-state index contributed by atoms with van der Waals surface area (Å²) in [5.41, 5.74) is 9.63. The number of methoxy groups -OCH3 is 1. The largest absolute Gasteiger partial charge is 0.493 e. The number of carbonyl (C=O) groups excluding carboxylic acids is 9. The summed E-state index contributed by atoms with van der Waals surface area (Å²) in [6.07, 6.45) is 10.3. The molecule has 27 nitrogen and oxygen atoms in total. The molecule has 612 valence electrons. The Morgan fingerprint density at radius 3 is 1.85 bits per heavy atom. The molecule has 0 bridgehead atoms. The van der Waals surface area contributed by atoms with Crippen LogP contribution in [-0.4, -0.2) is 231 Å². The van der Waals surface area contributed by atoms with Crippen molar-refractivity contribution < 1.29 is 95.3 Å². The molecule has 0 saturated carbocycles. The van der Waals surface area contributed by atoms with E-state index < -0.39 is 23.6 Å². The molecule has 1 unspecified atom stereocenters. The molecular formula is C87H109N7O20. The molecule has 5 aliphatic rings. The normalized spacial score (nSPS) is 16.6. The quantitative estimate of drug-likeness (QED) is 0.0279. The average Bonchev–Trinajstić information content (AvgIpc) is 1.53. The molecule has 27 heteroatoms. The van der Waals surface area contributed by atoms with Gasteiger partial charge in [0.05, 0.1) is 146 Å². The minimum Gasteiger partial charge on any atom is -0.493 e. The molecule has 0 radical (unpaired) electrons. The van der Waals surface area contributed by atoms with E-state index in [9.17, 15) is 43.2 Å². The van der Waals surface area contributed by atoms with E-state index in [2.05, 4.69) is 24.4 Å². The number of hydrogen-bond acceptors (Lipinski definition) is 22. The fraction of sp³-hybridized carbons (Fsp3) is 0.506. The van der Waals surface area contributed by atoms with E-state index in [1.165, 1.54) is 29.7 Å². The van der Waals surface area contributed by atoms with Crippen LogP contribution in [-0.2, 0) is 117 Å². The Kier molecular flexibility index (Phi) is 33.2. The fourth-order valence-electron chi connectivity index (χ4n) is 14.1. The number of benzene rings is 5. The zero-order valence-corrected chi connectivity index (χ0v) is 66.8. The number of amides is 6. The van der Waals surface area contributed by atoms with Crippen LogP contribution in [0.5, 0.6) is 11.5 Å². The van der Waals surface area contributed by atoms with E-state index in [1.54, 1.807) is 50.4 Å². The average molecular weight is 1570 g/mol. The van der Waals surface area contributed by atoms with Gasteiger partial charge in [-0.2, -0.15) is 0 Å². The van der Waals surface area contributed by atoms with Gasteiger partial charge in [-0.3, -0.25) is 58.1 Å². The lowest BCUT2D eigenvalue weighted by Gasteiger charge is -2.34. The first kappa shape index (κ1) is 86.7. The number of carbonyl (C=O) groups is 9. The molecule has 1 N–H and O–H groups in total. The predicted molar refractivity (Wildman–Crippen MR) is 426 cm³/mol. The minimum atomic E-state index is -0.825. The minimum absolute atomic E-state index is 0.00370. The summed E-state index contributed by atoms with van der Waals surface area (Å²) >= 11 is 0. The molecule has 10 rings (SSSR count). The summed E-state index contributed by atoms with van der Waals surface area (Å²) in [6, 6.07) is 27.5. The van der Waals surface area contributed by atoms with Crippen LogP contribution < -0.4 is 19.7 Å². The lowest BCUT2D eigenvalue weighted by Crippen LogP contribution is -2.45. The standard InChI is InChI=1S/C87H109N7O20/c1-59(2)73(51-72(96)24-29-106-31-33-108-35-37-110-39-41-112-43-42-111-40-38-109-36-34-107-32-30-105-28-10-14-71(95)23-27-92-81(98)21-22-82(92)99)83(100)90-61(4)78(97)48-62-15-17-63(18-16-62)56-114-86(103)91(6)69-46-64(19-20-66-50-76-74(44-60(66)3)85(102)94-26-11-25-87(94,5)58-89-76)45-65(47-69)57-113-80-53-77-75(52-79(80)104-7)84(101)93-55-68-13-9-8-12-67(68)49-70(93)54-88-77/h8-9,12-13,15-18,21-22,44-47,50,52-54,58-59,61,70,73H,10-11,14,19-20,23-43,48-49,51,55-57H2,1-7H3,(H,90,100)/t61-,70?,73-,87-/m0/s1. The van der Waals surface area contributed by atoms with Gasteiger partial charge in [0.1, 0.15) is 24.8 Å². The van der Waals surface area contributed by atoms with Crippen LogP contribution in [0, 0.1) is 18.8 Å². The Morgan fingerprint density at radius 1 is 0.614 bits per heavy atom. The smallest absolute Gasteiger partial charge is 0.414 e. The van der Waals surface area contributed by atoms with Crippen LogP contribution >= 0.6 is 0 Å². The topological polar surface area (TPSA) is 305 Å². The first-order chi connectivity index (χ1) is 55.1. The third kappa shape index (κ3) is 25.1. The third-order valence-corrected chi connectivity index (χ3v) is 20.9. The number of imide groups is 1. The number of nitrogens with one attached hydrogen (secondary N) is 1. The van der Waals surface area contributed by atoms with Crippen molar-refractivity contribution in [3.63, 3.8) is 0 Å².